The second-order valence-electron chi connectivity index (χ2n) is 4.03. The van der Waals surface area contributed by atoms with Crippen molar-refractivity contribution in [2.45, 2.75) is 20.8 Å². The normalized spacial score (nSPS) is 9.29. The molecule has 0 radical (unpaired) electrons. The van der Waals surface area contributed by atoms with Crippen LogP contribution in [-0.4, -0.2) is 36.7 Å². The summed E-state index contributed by atoms with van der Waals surface area (Å²) in [4.78, 5) is 9.34. The first-order valence-electron chi connectivity index (χ1n) is 6.94. The number of benzene rings is 1. The van der Waals surface area contributed by atoms with E-state index in [4.69, 9.17) is 11.6 Å². The summed E-state index contributed by atoms with van der Waals surface area (Å²) in [7, 11) is 5.50. The van der Waals surface area contributed by atoms with Gasteiger partial charge in [-0.05, 0) is 25.6 Å². The van der Waals surface area contributed by atoms with E-state index in [0.29, 0.717) is 6.54 Å². The van der Waals surface area contributed by atoms with Crippen molar-refractivity contribution in [1.82, 2.24) is 15.1 Å². The van der Waals surface area contributed by atoms with Gasteiger partial charge < -0.3 is 15.4 Å². The Balaban J connectivity index is 0.000000489. The van der Waals surface area contributed by atoms with Crippen molar-refractivity contribution in [1.29, 1.82) is 0 Å². The van der Waals surface area contributed by atoms with E-state index in [-0.39, 0.29) is 0 Å². The first-order chi connectivity index (χ1) is 10.1. The van der Waals surface area contributed by atoms with Gasteiger partial charge in [0.25, 0.3) is 0 Å². The molecule has 0 aliphatic rings. The Hall–Kier alpha value is -1.59. The molecular weight excluding hydrogens is 288 g/mol. The maximum Gasteiger partial charge on any atom is 0.157 e. The number of rotatable bonds is 3. The number of hydrogen-bond donors (Lipinski definition) is 2. The third-order valence-corrected chi connectivity index (χ3v) is 2.98. The quantitative estimate of drug-likeness (QED) is 0.855. The van der Waals surface area contributed by atoms with Crippen LogP contribution in [0.3, 0.4) is 0 Å². The van der Waals surface area contributed by atoms with E-state index < -0.39 is 0 Å². The molecule has 0 spiro atoms. The topological polar surface area (TPSA) is 59.0 Å². The summed E-state index contributed by atoms with van der Waals surface area (Å²) >= 11 is 6.13. The largest absolute Gasteiger partial charge is 0.371 e. The number of aromatic nitrogens is 2. The van der Waals surface area contributed by atoms with Crippen molar-refractivity contribution < 1.29 is 4.79 Å². The number of halogens is 1. The van der Waals surface area contributed by atoms with Crippen LogP contribution < -0.4 is 10.6 Å². The van der Waals surface area contributed by atoms with Gasteiger partial charge >= 0.3 is 0 Å². The molecule has 2 rings (SSSR count). The molecular formula is C15H25ClN4O. The van der Waals surface area contributed by atoms with E-state index in [1.54, 1.807) is 7.05 Å². The van der Waals surface area contributed by atoms with E-state index >= 15 is 0 Å². The lowest BCUT2D eigenvalue weighted by Crippen LogP contribution is -2.07. The SMILES string of the molecule is CC.CNCC=O.CNc1nn(C)c2c(C)ccc(Cl)c12. The van der Waals surface area contributed by atoms with Crippen molar-refractivity contribution in [3.63, 3.8) is 0 Å². The van der Waals surface area contributed by atoms with Gasteiger partial charge in [0.1, 0.15) is 6.29 Å². The van der Waals surface area contributed by atoms with Gasteiger partial charge in [-0.25, -0.2) is 0 Å². The van der Waals surface area contributed by atoms with E-state index in [1.807, 2.05) is 44.8 Å². The van der Waals surface area contributed by atoms with Gasteiger partial charge in [-0.2, -0.15) is 5.10 Å². The van der Waals surface area contributed by atoms with Crippen molar-refractivity contribution in [2.24, 2.45) is 7.05 Å². The molecule has 0 bridgehead atoms. The first kappa shape index (κ1) is 19.4. The molecule has 1 heterocycles. The van der Waals surface area contributed by atoms with Crippen LogP contribution in [0.4, 0.5) is 5.82 Å². The van der Waals surface area contributed by atoms with Gasteiger partial charge in [-0.1, -0.05) is 31.5 Å². The smallest absolute Gasteiger partial charge is 0.157 e. The highest BCUT2D eigenvalue weighted by Crippen LogP contribution is 2.31. The molecule has 0 amide bonds. The molecule has 0 fully saturated rings. The minimum atomic E-state index is 0.458. The number of nitrogens with one attached hydrogen (secondary N) is 2. The molecule has 0 aliphatic heterocycles. The zero-order valence-electron chi connectivity index (χ0n) is 13.6. The second-order valence-corrected chi connectivity index (χ2v) is 4.44. The summed E-state index contributed by atoms with van der Waals surface area (Å²) in [6.45, 7) is 6.51. The second kappa shape index (κ2) is 10.2. The molecule has 6 heteroatoms. The molecule has 2 aromatic rings. The summed E-state index contributed by atoms with van der Waals surface area (Å²) in [5.41, 5.74) is 2.27. The maximum atomic E-state index is 9.34. The Labute approximate surface area is 131 Å². The van der Waals surface area contributed by atoms with E-state index in [1.165, 1.54) is 5.56 Å². The van der Waals surface area contributed by atoms with Gasteiger partial charge in [-0.3, -0.25) is 4.68 Å². The Kier molecular flexibility index (Phi) is 9.41. The molecule has 1 aromatic carbocycles. The average molecular weight is 313 g/mol. The van der Waals surface area contributed by atoms with Crippen LogP contribution in [-0.2, 0) is 11.8 Å². The van der Waals surface area contributed by atoms with Gasteiger partial charge in [0.05, 0.1) is 22.5 Å². The number of nitrogens with zero attached hydrogens (tertiary/aromatic N) is 2. The number of carbonyl (C=O) groups is 1. The van der Waals surface area contributed by atoms with Gasteiger partial charge in [0.2, 0.25) is 0 Å². The van der Waals surface area contributed by atoms with Crippen LogP contribution in [0.5, 0.6) is 0 Å². The number of likely N-dealkylation sites (N-methyl/N-ethyl adjacent to an activating group) is 1. The minimum Gasteiger partial charge on any atom is -0.371 e. The number of fused-ring (bicyclic) bond motifs is 1. The van der Waals surface area contributed by atoms with E-state index in [0.717, 1.165) is 28.0 Å². The molecule has 0 aliphatic carbocycles. The summed E-state index contributed by atoms with van der Waals surface area (Å²) in [5, 5.41) is 11.8. The van der Waals surface area contributed by atoms with Crippen LogP contribution in [0, 0.1) is 6.92 Å². The lowest BCUT2D eigenvalue weighted by Gasteiger charge is -2.00. The number of aldehydes is 1. The van der Waals surface area contributed by atoms with Crippen molar-refractivity contribution in [2.75, 3.05) is 26.0 Å². The highest BCUT2D eigenvalue weighted by molar-refractivity contribution is 6.36. The average Bonchev–Trinajstić information content (AvgIpc) is 2.85. The zero-order chi connectivity index (χ0) is 16.4. The van der Waals surface area contributed by atoms with E-state index in [2.05, 4.69) is 22.7 Å². The molecule has 0 saturated carbocycles. The highest BCUT2D eigenvalue weighted by Gasteiger charge is 2.12. The molecule has 1 aromatic heterocycles. The predicted molar refractivity (Wildman–Crippen MR) is 91.3 cm³/mol. The Morgan fingerprint density at radius 3 is 2.38 bits per heavy atom. The zero-order valence-corrected chi connectivity index (χ0v) is 14.4. The predicted octanol–water partition coefficient (Wildman–Crippen LogP) is 3.01. The fourth-order valence-electron chi connectivity index (χ4n) is 1.82. The standard InChI is InChI=1S/C10H12ClN3.C3H7NO.C2H6/c1-6-4-5-7(11)8-9(6)14(3)13-10(8)12-2;1-4-2-3-5;1-2/h4-5H,1-3H3,(H,12,13);3-4H,2H2,1H3;1-2H3. The summed E-state index contributed by atoms with van der Waals surface area (Å²) in [5.74, 6) is 0.830. The molecule has 5 nitrogen and oxygen atoms in total. The van der Waals surface area contributed by atoms with Gasteiger partial charge in [-0.15, -0.1) is 0 Å². The summed E-state index contributed by atoms with van der Waals surface area (Å²) < 4.78 is 1.85. The van der Waals surface area contributed by atoms with Crippen LogP contribution in [0.2, 0.25) is 5.02 Å². The number of hydrogen-bond acceptors (Lipinski definition) is 4. The van der Waals surface area contributed by atoms with Crippen LogP contribution >= 0.6 is 11.6 Å². The highest BCUT2D eigenvalue weighted by atomic mass is 35.5. The van der Waals surface area contributed by atoms with Crippen molar-refractivity contribution in [3.05, 3.63) is 22.7 Å². The van der Waals surface area contributed by atoms with Crippen molar-refractivity contribution >= 4 is 34.6 Å². The monoisotopic (exact) mass is 312 g/mol. The Morgan fingerprint density at radius 1 is 1.33 bits per heavy atom. The first-order valence-corrected chi connectivity index (χ1v) is 7.32. The third-order valence-electron chi connectivity index (χ3n) is 2.66. The number of anilines is 1. The minimum absolute atomic E-state index is 0.458. The van der Waals surface area contributed by atoms with Crippen molar-refractivity contribution in [3.8, 4) is 0 Å². The molecule has 21 heavy (non-hydrogen) atoms. The molecule has 0 atom stereocenters. The van der Waals surface area contributed by atoms with Gasteiger partial charge in [0.15, 0.2) is 5.82 Å². The number of aryl methyl sites for hydroxylation is 2. The lowest BCUT2D eigenvalue weighted by atomic mass is 10.1. The Bertz CT molecular complexity index is 566. The maximum absolute atomic E-state index is 9.34. The fourth-order valence-corrected chi connectivity index (χ4v) is 2.06. The Morgan fingerprint density at radius 2 is 1.95 bits per heavy atom. The van der Waals surface area contributed by atoms with E-state index in [9.17, 15) is 4.79 Å². The molecule has 118 valence electrons. The fraction of sp³-hybridized carbons (Fsp3) is 0.467. The van der Waals surface area contributed by atoms with Crippen LogP contribution in [0.1, 0.15) is 19.4 Å². The molecule has 0 saturated heterocycles. The summed E-state index contributed by atoms with van der Waals surface area (Å²) in [6, 6.07) is 3.91. The van der Waals surface area contributed by atoms with Crippen LogP contribution in [0.25, 0.3) is 10.9 Å². The molecule has 0 unspecified atom stereocenters. The molecule has 2 N–H and O–H groups in total. The number of carbonyl (C=O) groups excluding carboxylic acids is 1. The third kappa shape index (κ3) is 5.02. The summed E-state index contributed by atoms with van der Waals surface area (Å²) in [6.07, 6.45) is 0.819. The lowest BCUT2D eigenvalue weighted by molar-refractivity contribution is -0.107. The van der Waals surface area contributed by atoms with Crippen LogP contribution in [0.15, 0.2) is 12.1 Å². The van der Waals surface area contributed by atoms with Gasteiger partial charge in [0, 0.05) is 14.1 Å².